The average molecular weight is 385 g/mol. The first-order valence-corrected chi connectivity index (χ1v) is 10.00. The number of aliphatic imine (C=N–C) groups is 1. The first kappa shape index (κ1) is 18.0. The Morgan fingerprint density at radius 1 is 1.12 bits per heavy atom. The number of hydrogen-bond acceptors (Lipinski definition) is 8. The van der Waals surface area contributed by atoms with Gasteiger partial charge in [-0.15, -0.1) is 10.2 Å². The molecule has 0 N–H and O–H groups in total. The summed E-state index contributed by atoms with van der Waals surface area (Å²) in [5.41, 5.74) is 2.94. The molecule has 0 spiro atoms. The second kappa shape index (κ2) is 7.63. The maximum Gasteiger partial charge on any atom is 0.261 e. The van der Waals surface area contributed by atoms with Gasteiger partial charge in [-0.1, -0.05) is 30.3 Å². The number of azo groups is 1. The molecule has 132 valence electrons. The van der Waals surface area contributed by atoms with Crippen LogP contribution in [0.25, 0.3) is 0 Å². The lowest BCUT2D eigenvalue weighted by atomic mass is 10.2. The second-order valence-electron chi connectivity index (χ2n) is 5.43. The van der Waals surface area contributed by atoms with Gasteiger partial charge in [0.2, 0.25) is 15.0 Å². The number of aromatic nitrogens is 2. The molecule has 3 rings (SSSR count). The number of benzene rings is 2. The van der Waals surface area contributed by atoms with Crippen LogP contribution in [-0.4, -0.2) is 24.5 Å². The summed E-state index contributed by atoms with van der Waals surface area (Å²) in [6.07, 6.45) is 0. The van der Waals surface area contributed by atoms with Gasteiger partial charge < -0.3 is 0 Å². The Balaban J connectivity index is 1.78. The molecule has 0 amide bonds. The Morgan fingerprint density at radius 2 is 1.88 bits per heavy atom. The fourth-order valence-electron chi connectivity index (χ4n) is 2.17. The Bertz CT molecular complexity index is 1060. The van der Waals surface area contributed by atoms with E-state index < -0.39 is 9.84 Å². The minimum atomic E-state index is -3.63. The monoisotopic (exact) mass is 385 g/mol. The third kappa shape index (κ3) is 4.24. The van der Waals surface area contributed by atoms with E-state index >= 15 is 0 Å². The lowest BCUT2D eigenvalue weighted by molar-refractivity contribution is 0.588. The van der Waals surface area contributed by atoms with Crippen LogP contribution in [0.3, 0.4) is 0 Å². The third-order valence-corrected chi connectivity index (χ3v) is 5.65. The van der Waals surface area contributed by atoms with Crippen molar-refractivity contribution in [2.75, 3.05) is 0 Å². The molecule has 0 bridgehead atoms. The summed E-state index contributed by atoms with van der Waals surface area (Å²) < 4.78 is 28.7. The summed E-state index contributed by atoms with van der Waals surface area (Å²) in [5, 5.41) is 8.05. The zero-order valence-corrected chi connectivity index (χ0v) is 15.5. The van der Waals surface area contributed by atoms with E-state index in [0.717, 1.165) is 22.8 Å². The highest BCUT2D eigenvalue weighted by molar-refractivity contribution is 7.90. The van der Waals surface area contributed by atoms with Gasteiger partial charge in [0.1, 0.15) is 0 Å². The van der Waals surface area contributed by atoms with Gasteiger partial charge in [-0.2, -0.15) is 9.36 Å². The van der Waals surface area contributed by atoms with E-state index in [0.29, 0.717) is 11.3 Å². The molecule has 0 atom stereocenters. The van der Waals surface area contributed by atoms with Crippen LogP contribution in [0.1, 0.15) is 11.1 Å². The molecule has 0 aliphatic rings. The summed E-state index contributed by atoms with van der Waals surface area (Å²) in [6, 6.07) is 14.3. The Labute approximate surface area is 155 Å². The Morgan fingerprint density at radius 3 is 2.58 bits per heavy atom. The van der Waals surface area contributed by atoms with Crippen LogP contribution in [0.5, 0.6) is 0 Å². The molecule has 0 fully saturated rings. The number of rotatable bonds is 6. The van der Waals surface area contributed by atoms with Crippen molar-refractivity contribution >= 4 is 44.6 Å². The van der Waals surface area contributed by atoms with Crippen LogP contribution in [0, 0.1) is 6.92 Å². The normalized spacial score (nSPS) is 11.7. The van der Waals surface area contributed by atoms with E-state index in [4.69, 9.17) is 0 Å². The van der Waals surface area contributed by atoms with Crippen molar-refractivity contribution in [3.05, 3.63) is 59.7 Å². The summed E-state index contributed by atoms with van der Waals surface area (Å²) in [5.74, 6) is -0.156. The maximum atomic E-state index is 12.4. The summed E-state index contributed by atoms with van der Waals surface area (Å²) in [7, 11) is -3.63. The predicted octanol–water partition coefficient (Wildman–Crippen LogP) is 4.57. The van der Waals surface area contributed by atoms with E-state index in [1.165, 1.54) is 0 Å². The molecule has 0 aliphatic heterocycles. The molecule has 7 nitrogen and oxygen atoms in total. The molecule has 0 saturated carbocycles. The Kier molecular flexibility index (Phi) is 5.29. The first-order chi connectivity index (χ1) is 12.5. The molecule has 9 heteroatoms. The summed E-state index contributed by atoms with van der Waals surface area (Å²) in [6.45, 7) is 5.35. The third-order valence-electron chi connectivity index (χ3n) is 3.48. The zero-order valence-electron chi connectivity index (χ0n) is 13.9. The van der Waals surface area contributed by atoms with Crippen LogP contribution < -0.4 is 0 Å². The van der Waals surface area contributed by atoms with E-state index in [1.807, 2.05) is 19.1 Å². The first-order valence-electron chi connectivity index (χ1n) is 7.57. The van der Waals surface area contributed by atoms with Crippen molar-refractivity contribution in [2.45, 2.75) is 17.8 Å². The topological polar surface area (TPSA) is 97.0 Å². The smallest absolute Gasteiger partial charge is 0.261 e. The lowest BCUT2D eigenvalue weighted by Gasteiger charge is -2.00. The minimum absolute atomic E-state index is 0.156. The minimum Gasteiger partial charge on any atom is -0.265 e. The van der Waals surface area contributed by atoms with Crippen LogP contribution in [0.2, 0.25) is 0 Å². The molecule has 1 aromatic heterocycles. The molecule has 0 aliphatic carbocycles. The second-order valence-corrected chi connectivity index (χ2v) is 8.05. The molecule has 0 unspecified atom stereocenters. The molecule has 2 aromatic carbocycles. The van der Waals surface area contributed by atoms with E-state index in [2.05, 4.69) is 31.3 Å². The zero-order chi connectivity index (χ0) is 18.6. The summed E-state index contributed by atoms with van der Waals surface area (Å²) >= 11 is 0.891. The van der Waals surface area contributed by atoms with Gasteiger partial charge in [0.15, 0.2) is 0 Å². The molecule has 3 aromatic rings. The molecule has 1 heterocycles. The van der Waals surface area contributed by atoms with Gasteiger partial charge in [-0.05, 0) is 43.0 Å². The molecular weight excluding hydrogens is 370 g/mol. The average Bonchev–Trinajstić information content (AvgIpc) is 3.11. The Hall–Kier alpha value is -2.78. The maximum absolute atomic E-state index is 12.4. The van der Waals surface area contributed by atoms with Gasteiger partial charge >= 0.3 is 0 Å². The van der Waals surface area contributed by atoms with E-state index in [1.54, 1.807) is 36.4 Å². The van der Waals surface area contributed by atoms with Crippen molar-refractivity contribution < 1.29 is 8.42 Å². The molecule has 0 saturated heterocycles. The van der Waals surface area contributed by atoms with Gasteiger partial charge in [0.05, 0.1) is 17.1 Å². The predicted molar refractivity (Wildman–Crippen MR) is 102 cm³/mol. The van der Waals surface area contributed by atoms with Crippen molar-refractivity contribution in [3.63, 3.8) is 0 Å². The van der Waals surface area contributed by atoms with Crippen LogP contribution in [0.4, 0.5) is 16.5 Å². The fourth-order valence-corrected chi connectivity index (χ4v) is 4.19. The SMILES string of the molecule is C=Nc1ccc(N=Nc2nc(S(=O)(=O)Cc3ccccc3)ns2)c(C)c1. The van der Waals surface area contributed by atoms with Crippen LogP contribution >= 0.6 is 11.5 Å². The quantitative estimate of drug-likeness (QED) is 0.458. The van der Waals surface area contributed by atoms with Crippen LogP contribution in [0.15, 0.2) is 68.9 Å². The fraction of sp³-hybridized carbons (Fsp3) is 0.118. The van der Waals surface area contributed by atoms with Crippen molar-refractivity contribution in [3.8, 4) is 0 Å². The van der Waals surface area contributed by atoms with E-state index in [9.17, 15) is 8.42 Å². The largest absolute Gasteiger partial charge is 0.265 e. The standard InChI is InChI=1S/C17H15N5O2S2/c1-12-10-14(18-2)8-9-15(12)20-21-16-19-17(22-25-16)26(23,24)11-13-6-4-3-5-7-13/h3-10H,2,11H2,1H3. The molecule has 26 heavy (non-hydrogen) atoms. The van der Waals surface area contributed by atoms with Crippen molar-refractivity contribution in [1.82, 2.24) is 9.36 Å². The molecule has 0 radical (unpaired) electrons. The van der Waals surface area contributed by atoms with Crippen molar-refractivity contribution in [2.24, 2.45) is 15.2 Å². The number of hydrogen-bond donors (Lipinski definition) is 0. The highest BCUT2D eigenvalue weighted by atomic mass is 32.2. The van der Waals surface area contributed by atoms with Crippen LogP contribution in [-0.2, 0) is 15.6 Å². The van der Waals surface area contributed by atoms with Crippen molar-refractivity contribution in [1.29, 1.82) is 0 Å². The van der Waals surface area contributed by atoms with Gasteiger partial charge in [0.25, 0.3) is 5.16 Å². The van der Waals surface area contributed by atoms with Gasteiger partial charge in [-0.3, -0.25) is 4.99 Å². The summed E-state index contributed by atoms with van der Waals surface area (Å²) in [4.78, 5) is 7.83. The molecular formula is C17H15N5O2S2. The van der Waals surface area contributed by atoms with Gasteiger partial charge in [0, 0.05) is 11.5 Å². The lowest BCUT2D eigenvalue weighted by Crippen LogP contribution is -2.06. The number of nitrogens with zero attached hydrogens (tertiary/aromatic N) is 5. The number of aryl methyl sites for hydroxylation is 1. The number of sulfone groups is 1. The highest BCUT2D eigenvalue weighted by Gasteiger charge is 2.21. The highest BCUT2D eigenvalue weighted by Crippen LogP contribution is 2.27. The van der Waals surface area contributed by atoms with Gasteiger partial charge in [-0.25, -0.2) is 8.42 Å². The van der Waals surface area contributed by atoms with E-state index in [-0.39, 0.29) is 16.0 Å².